The Morgan fingerprint density at radius 2 is 1.85 bits per heavy atom. The molecule has 2 bridgehead atoms. The number of rotatable bonds is 0. The highest BCUT2D eigenvalue weighted by molar-refractivity contribution is 5.42. The lowest BCUT2D eigenvalue weighted by Crippen LogP contribution is -2.02. The molecular formula is C11H10F2. The van der Waals surface area contributed by atoms with Crippen LogP contribution in [0.25, 0.3) is 0 Å². The van der Waals surface area contributed by atoms with Crippen LogP contribution in [0.2, 0.25) is 0 Å². The van der Waals surface area contributed by atoms with Crippen LogP contribution in [0.3, 0.4) is 0 Å². The van der Waals surface area contributed by atoms with Gasteiger partial charge in [-0.15, -0.1) is 0 Å². The van der Waals surface area contributed by atoms with Gasteiger partial charge in [0.25, 0.3) is 0 Å². The number of fused-ring (bicyclic) bond motifs is 5. The topological polar surface area (TPSA) is 0 Å². The van der Waals surface area contributed by atoms with Gasteiger partial charge in [-0.3, -0.25) is 0 Å². The van der Waals surface area contributed by atoms with Crippen LogP contribution in [-0.4, -0.2) is 0 Å². The first-order valence-corrected chi connectivity index (χ1v) is 4.75. The van der Waals surface area contributed by atoms with Crippen LogP contribution in [-0.2, 0) is 0 Å². The van der Waals surface area contributed by atoms with E-state index in [1.54, 1.807) is 6.07 Å². The van der Waals surface area contributed by atoms with E-state index in [4.69, 9.17) is 0 Å². The number of halogens is 2. The zero-order chi connectivity index (χ0) is 9.00. The molecule has 68 valence electrons. The maximum atomic E-state index is 13.4. The molecule has 2 aliphatic carbocycles. The van der Waals surface area contributed by atoms with Gasteiger partial charge in [0.1, 0.15) is 0 Å². The van der Waals surface area contributed by atoms with Crippen LogP contribution in [0, 0.1) is 11.6 Å². The third kappa shape index (κ3) is 0.835. The smallest absolute Gasteiger partial charge is 0.162 e. The molecule has 1 saturated carbocycles. The van der Waals surface area contributed by atoms with Crippen molar-refractivity contribution in [1.82, 2.24) is 0 Å². The number of hydrogen-bond donors (Lipinski definition) is 0. The fourth-order valence-corrected chi connectivity index (χ4v) is 2.88. The monoisotopic (exact) mass is 180 g/mol. The van der Waals surface area contributed by atoms with Gasteiger partial charge < -0.3 is 0 Å². The van der Waals surface area contributed by atoms with Gasteiger partial charge in [0.15, 0.2) is 11.6 Å². The van der Waals surface area contributed by atoms with Gasteiger partial charge in [-0.05, 0) is 48.3 Å². The van der Waals surface area contributed by atoms with Crippen LogP contribution >= 0.6 is 0 Å². The zero-order valence-corrected chi connectivity index (χ0v) is 7.19. The van der Waals surface area contributed by atoms with E-state index in [9.17, 15) is 8.78 Å². The van der Waals surface area contributed by atoms with E-state index in [0.717, 1.165) is 24.8 Å². The lowest BCUT2D eigenvalue weighted by molar-refractivity contribution is 0.488. The summed E-state index contributed by atoms with van der Waals surface area (Å²) in [7, 11) is 0. The molecule has 0 amide bonds. The maximum absolute atomic E-state index is 13.4. The fraction of sp³-hybridized carbons (Fsp3) is 0.455. The summed E-state index contributed by atoms with van der Waals surface area (Å²) in [5.41, 5.74) is 1.74. The Labute approximate surface area is 75.6 Å². The van der Waals surface area contributed by atoms with E-state index in [-0.39, 0.29) is 0 Å². The Bertz CT molecular complexity index is 371. The SMILES string of the molecule is Fc1ccc2c(c1F)C1CCC2C1. The van der Waals surface area contributed by atoms with E-state index in [0.29, 0.717) is 17.4 Å². The first-order valence-electron chi connectivity index (χ1n) is 4.75. The average Bonchev–Trinajstić information content (AvgIpc) is 2.70. The maximum Gasteiger partial charge on any atom is 0.162 e. The lowest BCUT2D eigenvalue weighted by atomic mass is 9.91. The average molecular weight is 180 g/mol. The molecule has 0 radical (unpaired) electrons. The van der Waals surface area contributed by atoms with E-state index >= 15 is 0 Å². The molecule has 0 aliphatic heterocycles. The quantitative estimate of drug-likeness (QED) is 0.574. The van der Waals surface area contributed by atoms with Crippen molar-refractivity contribution in [2.45, 2.75) is 31.1 Å². The summed E-state index contributed by atoms with van der Waals surface area (Å²) in [6.45, 7) is 0. The van der Waals surface area contributed by atoms with Crippen molar-refractivity contribution in [3.63, 3.8) is 0 Å². The minimum Gasteiger partial charge on any atom is -0.204 e. The summed E-state index contributed by atoms with van der Waals surface area (Å²) in [4.78, 5) is 0. The number of benzene rings is 1. The van der Waals surface area contributed by atoms with Crippen molar-refractivity contribution in [2.24, 2.45) is 0 Å². The predicted molar refractivity (Wildman–Crippen MR) is 45.7 cm³/mol. The third-order valence-corrected chi connectivity index (χ3v) is 3.45. The van der Waals surface area contributed by atoms with Crippen molar-refractivity contribution in [3.05, 3.63) is 34.9 Å². The van der Waals surface area contributed by atoms with Crippen molar-refractivity contribution in [3.8, 4) is 0 Å². The first-order chi connectivity index (χ1) is 6.27. The molecule has 0 N–H and O–H groups in total. The molecule has 0 heterocycles. The Balaban J connectivity index is 2.26. The lowest BCUT2D eigenvalue weighted by Gasteiger charge is -2.15. The van der Waals surface area contributed by atoms with Gasteiger partial charge in [0, 0.05) is 0 Å². The molecule has 0 spiro atoms. The molecule has 2 atom stereocenters. The summed E-state index contributed by atoms with van der Waals surface area (Å²) in [6.07, 6.45) is 3.23. The van der Waals surface area contributed by atoms with Crippen LogP contribution in [0.1, 0.15) is 42.2 Å². The third-order valence-electron chi connectivity index (χ3n) is 3.45. The Hall–Kier alpha value is -0.920. The fourth-order valence-electron chi connectivity index (χ4n) is 2.88. The minimum absolute atomic E-state index is 0.302. The molecule has 0 nitrogen and oxygen atoms in total. The van der Waals surface area contributed by atoms with E-state index < -0.39 is 11.6 Å². The summed E-state index contributed by atoms with van der Waals surface area (Å²) in [5.74, 6) is -0.471. The molecule has 0 aromatic heterocycles. The Kier molecular flexibility index (Phi) is 1.33. The molecule has 1 aromatic carbocycles. The molecule has 3 rings (SSSR count). The molecule has 2 aliphatic rings. The van der Waals surface area contributed by atoms with Gasteiger partial charge in [0.2, 0.25) is 0 Å². The van der Waals surface area contributed by atoms with Gasteiger partial charge in [-0.1, -0.05) is 6.07 Å². The second kappa shape index (κ2) is 2.31. The van der Waals surface area contributed by atoms with Gasteiger partial charge in [-0.2, -0.15) is 0 Å². The van der Waals surface area contributed by atoms with Crippen molar-refractivity contribution >= 4 is 0 Å². The molecule has 1 aromatic rings. The van der Waals surface area contributed by atoms with Crippen molar-refractivity contribution in [1.29, 1.82) is 0 Å². The highest BCUT2D eigenvalue weighted by Crippen LogP contribution is 2.53. The minimum atomic E-state index is -0.689. The zero-order valence-electron chi connectivity index (χ0n) is 7.19. The second-order valence-electron chi connectivity index (χ2n) is 4.07. The predicted octanol–water partition coefficient (Wildman–Crippen LogP) is 3.33. The van der Waals surface area contributed by atoms with Gasteiger partial charge in [-0.25, -0.2) is 8.78 Å². The second-order valence-corrected chi connectivity index (χ2v) is 4.07. The summed E-state index contributed by atoms with van der Waals surface area (Å²) >= 11 is 0. The molecule has 0 saturated heterocycles. The molecule has 2 unspecified atom stereocenters. The summed E-state index contributed by atoms with van der Waals surface area (Å²) < 4.78 is 26.3. The number of hydrogen-bond acceptors (Lipinski definition) is 0. The van der Waals surface area contributed by atoms with Crippen LogP contribution in [0.5, 0.6) is 0 Å². The summed E-state index contributed by atoms with van der Waals surface area (Å²) in [6, 6.07) is 3.02. The standard InChI is InChI=1S/C11H10F2/c12-9-4-3-8-6-1-2-7(5-6)10(8)11(9)13/h3-4,6-7H,1-2,5H2. The van der Waals surface area contributed by atoms with Gasteiger partial charge >= 0.3 is 0 Å². The highest BCUT2D eigenvalue weighted by atomic mass is 19.2. The molecule has 2 heteroatoms. The van der Waals surface area contributed by atoms with E-state index in [2.05, 4.69) is 0 Å². The van der Waals surface area contributed by atoms with E-state index in [1.807, 2.05) is 0 Å². The largest absolute Gasteiger partial charge is 0.204 e. The Morgan fingerprint density at radius 3 is 2.69 bits per heavy atom. The first kappa shape index (κ1) is 7.48. The normalized spacial score (nSPS) is 29.4. The highest BCUT2D eigenvalue weighted by Gasteiger charge is 2.39. The molecule has 13 heavy (non-hydrogen) atoms. The molecular weight excluding hydrogens is 170 g/mol. The van der Waals surface area contributed by atoms with Crippen molar-refractivity contribution < 1.29 is 8.78 Å². The Morgan fingerprint density at radius 1 is 1.08 bits per heavy atom. The summed E-state index contributed by atoms with van der Waals surface area (Å²) in [5, 5.41) is 0. The van der Waals surface area contributed by atoms with E-state index in [1.165, 1.54) is 6.07 Å². The van der Waals surface area contributed by atoms with Gasteiger partial charge in [0.05, 0.1) is 0 Å². The van der Waals surface area contributed by atoms with Crippen molar-refractivity contribution in [2.75, 3.05) is 0 Å². The van der Waals surface area contributed by atoms with Crippen LogP contribution in [0.4, 0.5) is 8.78 Å². The van der Waals surface area contributed by atoms with Crippen LogP contribution in [0.15, 0.2) is 12.1 Å². The molecule has 1 fully saturated rings. The van der Waals surface area contributed by atoms with Crippen LogP contribution < -0.4 is 0 Å².